The molecule has 0 saturated carbocycles. The summed E-state index contributed by atoms with van der Waals surface area (Å²) in [6, 6.07) is 0. The van der Waals surface area contributed by atoms with Crippen LogP contribution in [0.15, 0.2) is 12.5 Å². The summed E-state index contributed by atoms with van der Waals surface area (Å²) in [5, 5.41) is 7.44. The highest BCUT2D eigenvalue weighted by atomic mass is 16.1. The van der Waals surface area contributed by atoms with Gasteiger partial charge in [-0.1, -0.05) is 0 Å². The predicted molar refractivity (Wildman–Crippen MR) is 78.6 cm³/mol. The lowest BCUT2D eigenvalue weighted by Gasteiger charge is -2.23. The number of carbonyl (C=O) groups is 1. The fourth-order valence-electron chi connectivity index (χ4n) is 2.99. The number of hydrogen-bond acceptors (Lipinski definition) is 3. The maximum atomic E-state index is 12.4. The van der Waals surface area contributed by atoms with Crippen LogP contribution in [-0.2, 0) is 31.4 Å². The third-order valence-corrected chi connectivity index (χ3v) is 4.44. The summed E-state index contributed by atoms with van der Waals surface area (Å²) in [6.45, 7) is 5.44. The van der Waals surface area contributed by atoms with Gasteiger partial charge in [0.1, 0.15) is 0 Å². The van der Waals surface area contributed by atoms with Crippen molar-refractivity contribution in [2.45, 2.75) is 39.8 Å². The number of aryl methyl sites for hydroxylation is 3. The van der Waals surface area contributed by atoms with E-state index in [-0.39, 0.29) is 11.8 Å². The van der Waals surface area contributed by atoms with E-state index >= 15 is 0 Å². The van der Waals surface area contributed by atoms with Crippen molar-refractivity contribution in [1.82, 2.24) is 24.6 Å². The van der Waals surface area contributed by atoms with Crippen molar-refractivity contribution >= 4 is 5.91 Å². The second-order valence-electron chi connectivity index (χ2n) is 5.76. The molecule has 6 heteroatoms. The SMILES string of the molecule is Cc1nn(C)c(C)c1CNC(=O)C1CCn2cncc2C1. The molecule has 1 N–H and O–H groups in total. The third kappa shape index (κ3) is 2.57. The number of fused-ring (bicyclic) bond motifs is 1. The minimum absolute atomic E-state index is 0.0477. The van der Waals surface area contributed by atoms with Gasteiger partial charge in [0.05, 0.1) is 12.0 Å². The van der Waals surface area contributed by atoms with E-state index in [1.54, 1.807) is 0 Å². The van der Waals surface area contributed by atoms with Gasteiger partial charge >= 0.3 is 0 Å². The molecule has 1 aliphatic heterocycles. The van der Waals surface area contributed by atoms with Crippen molar-refractivity contribution in [2.75, 3.05) is 0 Å². The molecule has 1 aliphatic rings. The number of carbonyl (C=O) groups excluding carboxylic acids is 1. The molecule has 0 aromatic carbocycles. The monoisotopic (exact) mass is 287 g/mol. The van der Waals surface area contributed by atoms with Crippen molar-refractivity contribution in [1.29, 1.82) is 0 Å². The van der Waals surface area contributed by atoms with Crippen molar-refractivity contribution in [3.8, 4) is 0 Å². The van der Waals surface area contributed by atoms with E-state index in [0.29, 0.717) is 6.54 Å². The first-order valence-corrected chi connectivity index (χ1v) is 7.32. The number of nitrogens with one attached hydrogen (secondary N) is 1. The first kappa shape index (κ1) is 13.9. The molecule has 1 unspecified atom stereocenters. The molecule has 0 saturated heterocycles. The Morgan fingerprint density at radius 1 is 1.48 bits per heavy atom. The van der Waals surface area contributed by atoms with Gasteiger partial charge in [-0.05, 0) is 20.3 Å². The molecular weight excluding hydrogens is 266 g/mol. The Hall–Kier alpha value is -2.11. The number of rotatable bonds is 3. The zero-order valence-corrected chi connectivity index (χ0v) is 12.8. The molecule has 3 heterocycles. The van der Waals surface area contributed by atoms with Gasteiger partial charge in [-0.3, -0.25) is 9.48 Å². The summed E-state index contributed by atoms with van der Waals surface area (Å²) in [4.78, 5) is 16.5. The van der Waals surface area contributed by atoms with E-state index in [1.807, 2.05) is 38.1 Å². The van der Waals surface area contributed by atoms with Gasteiger partial charge in [0.15, 0.2) is 0 Å². The van der Waals surface area contributed by atoms with Gasteiger partial charge in [-0.2, -0.15) is 5.10 Å². The second kappa shape index (κ2) is 5.35. The average Bonchev–Trinajstić information content (AvgIpc) is 3.02. The molecular formula is C15H21N5O. The lowest BCUT2D eigenvalue weighted by molar-refractivity contribution is -0.125. The lowest BCUT2D eigenvalue weighted by atomic mass is 9.95. The van der Waals surface area contributed by atoms with E-state index in [4.69, 9.17) is 0 Å². The Bertz CT molecular complexity index is 670. The first-order valence-electron chi connectivity index (χ1n) is 7.32. The summed E-state index contributed by atoms with van der Waals surface area (Å²) in [7, 11) is 1.93. The lowest BCUT2D eigenvalue weighted by Crippen LogP contribution is -2.35. The average molecular weight is 287 g/mol. The minimum Gasteiger partial charge on any atom is -0.352 e. The minimum atomic E-state index is 0.0477. The molecule has 0 aliphatic carbocycles. The molecule has 0 fully saturated rings. The summed E-state index contributed by atoms with van der Waals surface area (Å²) >= 11 is 0. The van der Waals surface area contributed by atoms with Crippen LogP contribution in [0.1, 0.15) is 29.1 Å². The van der Waals surface area contributed by atoms with E-state index in [2.05, 4.69) is 20.0 Å². The third-order valence-electron chi connectivity index (χ3n) is 4.44. The number of hydrogen-bond donors (Lipinski definition) is 1. The maximum absolute atomic E-state index is 12.4. The molecule has 2 aromatic heterocycles. The predicted octanol–water partition coefficient (Wildman–Crippen LogP) is 1.11. The van der Waals surface area contributed by atoms with E-state index in [0.717, 1.165) is 42.0 Å². The molecule has 0 radical (unpaired) electrons. The van der Waals surface area contributed by atoms with Crippen LogP contribution < -0.4 is 5.32 Å². The molecule has 3 rings (SSSR count). The standard InChI is InChI=1S/C15H21N5O/c1-10-14(11(2)19(3)18-10)8-17-15(21)12-4-5-20-9-16-7-13(20)6-12/h7,9,12H,4-6,8H2,1-3H3,(H,17,21). The number of nitrogens with zero attached hydrogens (tertiary/aromatic N) is 4. The topological polar surface area (TPSA) is 64.7 Å². The summed E-state index contributed by atoms with van der Waals surface area (Å²) in [5.41, 5.74) is 4.35. The van der Waals surface area contributed by atoms with Crippen LogP contribution in [0.3, 0.4) is 0 Å². The Labute approximate surface area is 124 Å². The van der Waals surface area contributed by atoms with Crippen LogP contribution in [0.2, 0.25) is 0 Å². The smallest absolute Gasteiger partial charge is 0.223 e. The number of aromatic nitrogens is 4. The second-order valence-corrected chi connectivity index (χ2v) is 5.76. The van der Waals surface area contributed by atoms with Gasteiger partial charge in [-0.15, -0.1) is 0 Å². The normalized spacial score (nSPS) is 17.6. The Kier molecular flexibility index (Phi) is 3.53. The van der Waals surface area contributed by atoms with E-state index in [9.17, 15) is 4.79 Å². The largest absolute Gasteiger partial charge is 0.352 e. The van der Waals surface area contributed by atoms with Crippen molar-refractivity contribution in [3.05, 3.63) is 35.2 Å². The highest BCUT2D eigenvalue weighted by Crippen LogP contribution is 2.20. The first-order chi connectivity index (χ1) is 10.1. The Morgan fingerprint density at radius 3 is 3.00 bits per heavy atom. The van der Waals surface area contributed by atoms with Crippen LogP contribution in [0.4, 0.5) is 0 Å². The Morgan fingerprint density at radius 2 is 2.29 bits per heavy atom. The summed E-state index contributed by atoms with van der Waals surface area (Å²) in [5.74, 6) is 0.177. The summed E-state index contributed by atoms with van der Waals surface area (Å²) in [6.07, 6.45) is 5.34. The highest BCUT2D eigenvalue weighted by Gasteiger charge is 2.25. The quantitative estimate of drug-likeness (QED) is 0.920. The van der Waals surface area contributed by atoms with Gasteiger partial charge in [0.2, 0.25) is 5.91 Å². The van der Waals surface area contributed by atoms with Crippen LogP contribution >= 0.6 is 0 Å². The molecule has 1 amide bonds. The fourth-order valence-corrected chi connectivity index (χ4v) is 2.99. The number of amides is 1. The van der Waals surface area contributed by atoms with Gasteiger partial charge in [0, 0.05) is 55.6 Å². The molecule has 21 heavy (non-hydrogen) atoms. The van der Waals surface area contributed by atoms with Crippen LogP contribution in [0.5, 0.6) is 0 Å². The Balaban J connectivity index is 1.62. The molecule has 1 atom stereocenters. The van der Waals surface area contributed by atoms with Crippen molar-refractivity contribution in [3.63, 3.8) is 0 Å². The maximum Gasteiger partial charge on any atom is 0.223 e. The highest BCUT2D eigenvalue weighted by molar-refractivity contribution is 5.79. The van der Waals surface area contributed by atoms with Crippen molar-refractivity contribution in [2.24, 2.45) is 13.0 Å². The molecule has 112 valence electrons. The van der Waals surface area contributed by atoms with Gasteiger partial charge < -0.3 is 9.88 Å². The van der Waals surface area contributed by atoms with Crippen LogP contribution in [0.25, 0.3) is 0 Å². The fraction of sp³-hybridized carbons (Fsp3) is 0.533. The molecule has 6 nitrogen and oxygen atoms in total. The van der Waals surface area contributed by atoms with E-state index < -0.39 is 0 Å². The number of imidazole rings is 1. The van der Waals surface area contributed by atoms with Gasteiger partial charge in [-0.25, -0.2) is 4.98 Å². The zero-order valence-electron chi connectivity index (χ0n) is 12.8. The van der Waals surface area contributed by atoms with Crippen LogP contribution in [-0.4, -0.2) is 25.2 Å². The molecule has 2 aromatic rings. The zero-order chi connectivity index (χ0) is 15.0. The van der Waals surface area contributed by atoms with E-state index in [1.165, 1.54) is 0 Å². The molecule has 0 bridgehead atoms. The van der Waals surface area contributed by atoms with Crippen molar-refractivity contribution < 1.29 is 4.79 Å². The molecule has 0 spiro atoms. The van der Waals surface area contributed by atoms with Gasteiger partial charge in [0.25, 0.3) is 0 Å². The van der Waals surface area contributed by atoms with Crippen LogP contribution in [0, 0.1) is 19.8 Å². The summed E-state index contributed by atoms with van der Waals surface area (Å²) < 4.78 is 3.98.